The van der Waals surface area contributed by atoms with Gasteiger partial charge in [-0.1, -0.05) is 12.1 Å². The monoisotopic (exact) mass is 630 g/mol. The smallest absolute Gasteiger partial charge is 0.231 e. The average molecular weight is 631 g/mol. The molecule has 3 heterocycles. The largest absolute Gasteiger partial charge is 0.507 e. The normalized spacial score (nSPS) is 17.1. The number of aromatic hydroxyl groups is 4. The quantitative estimate of drug-likeness (QED) is 0.218. The van der Waals surface area contributed by atoms with E-state index in [1.54, 1.807) is 48.5 Å². The Morgan fingerprint density at radius 3 is 1.24 bits per heavy atom. The third kappa shape index (κ3) is 5.25. The summed E-state index contributed by atoms with van der Waals surface area (Å²) in [6.07, 6.45) is 0. The van der Waals surface area contributed by atoms with Crippen LogP contribution in [0.4, 0.5) is 0 Å². The molecule has 4 N–H and O–H groups in total. The molecule has 0 amide bonds. The molecule has 1 saturated heterocycles. The maximum absolute atomic E-state index is 11.2. The van der Waals surface area contributed by atoms with Crippen LogP contribution in [-0.2, 0) is 0 Å². The highest BCUT2D eigenvalue weighted by molar-refractivity contribution is 5.57. The van der Waals surface area contributed by atoms with E-state index in [-0.39, 0.29) is 36.6 Å². The standard InChI is InChI=1S/C34H34N2O10/c1-41-27-5-3-19(11-25(27)39)33(21-13-29-31(15-23(21)37)45-17-43-29)35-7-9-36(10-8-35)34(20-4-6-28(42-2)26(40)12-20)22-14-30-32(16-24(22)38)46-18-44-30/h3-6,11-16,33-34,37-40H,7-10,17-18H2,1-2H3/t33-,34+. The molecule has 12 nitrogen and oxygen atoms in total. The van der Waals surface area contributed by atoms with Crippen molar-refractivity contribution < 1.29 is 48.8 Å². The number of piperazine rings is 1. The van der Waals surface area contributed by atoms with Crippen LogP contribution in [0.3, 0.4) is 0 Å². The van der Waals surface area contributed by atoms with Crippen molar-refractivity contribution in [2.45, 2.75) is 12.1 Å². The van der Waals surface area contributed by atoms with Crippen LogP contribution in [0.2, 0.25) is 0 Å². The summed E-state index contributed by atoms with van der Waals surface area (Å²) < 4.78 is 32.8. The van der Waals surface area contributed by atoms with Crippen LogP contribution in [-0.4, -0.2) is 84.2 Å². The number of rotatable bonds is 8. The molecule has 0 spiro atoms. The average Bonchev–Trinajstić information content (AvgIpc) is 3.71. The van der Waals surface area contributed by atoms with E-state index in [0.29, 0.717) is 71.8 Å². The van der Waals surface area contributed by atoms with E-state index in [1.807, 2.05) is 12.1 Å². The zero-order valence-corrected chi connectivity index (χ0v) is 25.3. The van der Waals surface area contributed by atoms with Gasteiger partial charge in [0.15, 0.2) is 46.0 Å². The van der Waals surface area contributed by atoms with E-state index in [4.69, 9.17) is 28.4 Å². The van der Waals surface area contributed by atoms with Gasteiger partial charge in [-0.05, 0) is 47.5 Å². The summed E-state index contributed by atoms with van der Waals surface area (Å²) in [5.74, 6) is 2.76. The molecule has 0 unspecified atom stereocenters. The Hall–Kier alpha value is -5.20. The van der Waals surface area contributed by atoms with Crippen LogP contribution in [0.15, 0.2) is 60.7 Å². The Morgan fingerprint density at radius 1 is 0.522 bits per heavy atom. The summed E-state index contributed by atoms with van der Waals surface area (Å²) in [6.45, 7) is 2.34. The number of methoxy groups -OCH3 is 2. The Balaban J connectivity index is 1.24. The van der Waals surface area contributed by atoms with Crippen molar-refractivity contribution in [2.24, 2.45) is 0 Å². The lowest BCUT2D eigenvalue weighted by molar-refractivity contribution is 0.0881. The second-order valence-electron chi connectivity index (χ2n) is 11.3. The summed E-state index contributed by atoms with van der Waals surface area (Å²) >= 11 is 0. The number of fused-ring (bicyclic) bond motifs is 2. The molecule has 4 aromatic rings. The maximum atomic E-state index is 11.2. The van der Waals surface area contributed by atoms with Gasteiger partial charge in [-0.25, -0.2) is 0 Å². The Bertz CT molecular complexity index is 1640. The van der Waals surface area contributed by atoms with Crippen LogP contribution < -0.4 is 28.4 Å². The molecule has 0 bridgehead atoms. The van der Waals surface area contributed by atoms with Gasteiger partial charge in [-0.15, -0.1) is 0 Å². The summed E-state index contributed by atoms with van der Waals surface area (Å²) in [4.78, 5) is 4.44. The number of phenolic OH excluding ortho intramolecular Hbond substituents is 4. The Kier molecular flexibility index (Phi) is 7.67. The number of hydrogen-bond acceptors (Lipinski definition) is 12. The first-order chi connectivity index (χ1) is 22.3. The number of ether oxygens (including phenoxy) is 6. The van der Waals surface area contributed by atoms with E-state index in [0.717, 1.165) is 11.1 Å². The van der Waals surface area contributed by atoms with Crippen molar-refractivity contribution in [3.8, 4) is 57.5 Å². The highest BCUT2D eigenvalue weighted by atomic mass is 16.7. The van der Waals surface area contributed by atoms with Crippen LogP contribution >= 0.6 is 0 Å². The van der Waals surface area contributed by atoms with E-state index in [9.17, 15) is 20.4 Å². The molecule has 1 fully saturated rings. The van der Waals surface area contributed by atoms with Crippen molar-refractivity contribution in [2.75, 3.05) is 54.0 Å². The summed E-state index contributed by atoms with van der Waals surface area (Å²) in [7, 11) is 2.98. The third-order valence-electron chi connectivity index (χ3n) is 8.75. The van der Waals surface area contributed by atoms with Gasteiger partial charge >= 0.3 is 0 Å². The highest BCUT2D eigenvalue weighted by Crippen LogP contribution is 2.47. The van der Waals surface area contributed by atoms with E-state index >= 15 is 0 Å². The zero-order chi connectivity index (χ0) is 31.9. The van der Waals surface area contributed by atoms with Gasteiger partial charge < -0.3 is 48.8 Å². The first kappa shape index (κ1) is 29.5. The molecule has 0 radical (unpaired) electrons. The Morgan fingerprint density at radius 2 is 0.891 bits per heavy atom. The molecule has 46 heavy (non-hydrogen) atoms. The topological polar surface area (TPSA) is 143 Å². The van der Waals surface area contributed by atoms with Crippen molar-refractivity contribution >= 4 is 0 Å². The number of phenols is 4. The lowest BCUT2D eigenvalue weighted by Crippen LogP contribution is -2.49. The summed E-state index contributed by atoms with van der Waals surface area (Å²) in [5, 5.41) is 43.8. The maximum Gasteiger partial charge on any atom is 0.231 e. The van der Waals surface area contributed by atoms with Crippen molar-refractivity contribution in [3.05, 3.63) is 82.9 Å². The van der Waals surface area contributed by atoms with Gasteiger partial charge in [0.05, 0.1) is 26.3 Å². The van der Waals surface area contributed by atoms with Gasteiger partial charge in [0, 0.05) is 49.4 Å². The van der Waals surface area contributed by atoms with Crippen LogP contribution in [0, 0.1) is 0 Å². The van der Waals surface area contributed by atoms with Crippen molar-refractivity contribution in [1.82, 2.24) is 9.80 Å². The molecular formula is C34H34N2O10. The van der Waals surface area contributed by atoms with E-state index < -0.39 is 12.1 Å². The fourth-order valence-corrected chi connectivity index (χ4v) is 6.51. The molecule has 0 aliphatic carbocycles. The SMILES string of the molecule is COc1ccc([C@H](c2cc3c(cc2O)OCO3)N2CCN([C@@H](c3ccc(OC)c(O)c3)c3cc4c(cc3O)OCO4)CC2)cc1O. The minimum absolute atomic E-state index is 0.0125. The number of hydrogen-bond donors (Lipinski definition) is 4. The molecule has 0 saturated carbocycles. The minimum atomic E-state index is -0.448. The van der Waals surface area contributed by atoms with Crippen molar-refractivity contribution in [1.29, 1.82) is 0 Å². The van der Waals surface area contributed by atoms with Crippen LogP contribution in [0.5, 0.6) is 57.5 Å². The minimum Gasteiger partial charge on any atom is -0.507 e. The first-order valence-corrected chi connectivity index (χ1v) is 14.8. The molecule has 3 aliphatic rings. The van der Waals surface area contributed by atoms with Gasteiger partial charge in [-0.2, -0.15) is 0 Å². The predicted octanol–water partition coefficient (Wildman–Crippen LogP) is 4.48. The Labute approximate surface area is 265 Å². The fraction of sp³-hybridized carbons (Fsp3) is 0.294. The molecule has 12 heteroatoms. The number of benzene rings is 4. The van der Waals surface area contributed by atoms with Gasteiger partial charge in [-0.3, -0.25) is 9.80 Å². The zero-order valence-electron chi connectivity index (χ0n) is 25.3. The second-order valence-corrected chi connectivity index (χ2v) is 11.3. The molecular weight excluding hydrogens is 596 g/mol. The molecule has 2 atom stereocenters. The molecule has 4 aromatic carbocycles. The van der Waals surface area contributed by atoms with E-state index in [2.05, 4.69) is 9.80 Å². The van der Waals surface area contributed by atoms with E-state index in [1.165, 1.54) is 14.2 Å². The van der Waals surface area contributed by atoms with Crippen LogP contribution in [0.1, 0.15) is 34.3 Å². The molecule has 7 rings (SSSR count). The molecule has 3 aliphatic heterocycles. The molecule has 0 aromatic heterocycles. The lowest BCUT2D eigenvalue weighted by atomic mass is 9.92. The third-order valence-corrected chi connectivity index (χ3v) is 8.75. The second kappa shape index (κ2) is 12.0. The predicted molar refractivity (Wildman–Crippen MR) is 165 cm³/mol. The molecule has 240 valence electrons. The van der Waals surface area contributed by atoms with Gasteiger partial charge in [0.2, 0.25) is 13.6 Å². The summed E-state index contributed by atoms with van der Waals surface area (Å²) in [6, 6.07) is 16.2. The first-order valence-electron chi connectivity index (χ1n) is 14.8. The van der Waals surface area contributed by atoms with Gasteiger partial charge in [0.25, 0.3) is 0 Å². The van der Waals surface area contributed by atoms with Crippen LogP contribution in [0.25, 0.3) is 0 Å². The number of nitrogens with zero attached hydrogens (tertiary/aromatic N) is 2. The van der Waals surface area contributed by atoms with Crippen molar-refractivity contribution in [3.63, 3.8) is 0 Å². The lowest BCUT2D eigenvalue weighted by Gasteiger charge is -2.43. The van der Waals surface area contributed by atoms with Gasteiger partial charge in [0.1, 0.15) is 11.5 Å². The summed E-state index contributed by atoms with van der Waals surface area (Å²) in [5.41, 5.74) is 2.72. The fourth-order valence-electron chi connectivity index (χ4n) is 6.51. The highest BCUT2D eigenvalue weighted by Gasteiger charge is 2.35.